The summed E-state index contributed by atoms with van der Waals surface area (Å²) in [5.41, 5.74) is 1.26. The zero-order valence-electron chi connectivity index (χ0n) is 10.9. The summed E-state index contributed by atoms with van der Waals surface area (Å²) < 4.78 is 13.0. The van der Waals surface area contributed by atoms with Gasteiger partial charge in [0.2, 0.25) is 0 Å². The van der Waals surface area contributed by atoms with Crippen LogP contribution in [0, 0.1) is 17.7 Å². The van der Waals surface area contributed by atoms with Crippen LogP contribution in [0.15, 0.2) is 24.3 Å². The molecule has 1 unspecified atom stereocenters. The van der Waals surface area contributed by atoms with Crippen molar-refractivity contribution in [1.29, 1.82) is 0 Å². The summed E-state index contributed by atoms with van der Waals surface area (Å²) in [5.74, 6) is 1.50. The monoisotopic (exact) mass is 248 g/mol. The van der Waals surface area contributed by atoms with Crippen molar-refractivity contribution in [3.05, 3.63) is 35.6 Å². The molecule has 1 aromatic carbocycles. The highest BCUT2D eigenvalue weighted by Gasteiger charge is 2.38. The molecule has 1 aromatic rings. The number of benzene rings is 1. The van der Waals surface area contributed by atoms with E-state index in [1.807, 2.05) is 12.1 Å². The second-order valence-corrected chi connectivity index (χ2v) is 5.61. The van der Waals surface area contributed by atoms with E-state index in [2.05, 4.69) is 17.1 Å². The van der Waals surface area contributed by atoms with Gasteiger partial charge in [-0.2, -0.15) is 0 Å². The van der Waals surface area contributed by atoms with Crippen LogP contribution < -0.4 is 5.32 Å². The molecule has 0 bridgehead atoms. The molecule has 98 valence electrons. The molecule has 2 aliphatic rings. The maximum atomic E-state index is 13.0. The van der Waals surface area contributed by atoms with Crippen LogP contribution >= 0.6 is 0 Å². The van der Waals surface area contributed by atoms with Gasteiger partial charge in [-0.25, -0.2) is 4.39 Å². The highest BCUT2D eigenvalue weighted by atomic mass is 19.1. The fourth-order valence-electron chi connectivity index (χ4n) is 3.54. The maximum absolute atomic E-state index is 13.0. The molecule has 0 radical (unpaired) electrons. The van der Waals surface area contributed by atoms with E-state index in [0.29, 0.717) is 6.04 Å². The molecule has 3 rings (SSSR count). The zero-order valence-corrected chi connectivity index (χ0v) is 10.9. The van der Waals surface area contributed by atoms with Crippen molar-refractivity contribution in [2.75, 3.05) is 26.2 Å². The van der Waals surface area contributed by atoms with Crippen molar-refractivity contribution in [2.45, 2.75) is 19.4 Å². The number of rotatable bonds is 3. The first-order valence-corrected chi connectivity index (χ1v) is 6.98. The molecule has 18 heavy (non-hydrogen) atoms. The topological polar surface area (TPSA) is 15.3 Å². The Kier molecular flexibility index (Phi) is 3.35. The van der Waals surface area contributed by atoms with Gasteiger partial charge in [-0.3, -0.25) is 4.90 Å². The molecule has 0 aliphatic carbocycles. The lowest BCUT2D eigenvalue weighted by Crippen LogP contribution is -2.29. The third kappa shape index (κ3) is 2.17. The lowest BCUT2D eigenvalue weighted by molar-refractivity contribution is 0.222. The van der Waals surface area contributed by atoms with Crippen LogP contribution in [-0.2, 0) is 0 Å². The molecule has 0 spiro atoms. The van der Waals surface area contributed by atoms with Gasteiger partial charge in [0.05, 0.1) is 0 Å². The average Bonchev–Trinajstić information content (AvgIpc) is 2.93. The standard InChI is InChI=1S/C15H21FN2/c1-2-15(11-3-5-14(16)6-4-11)18-9-12-7-17-8-13(12)10-18/h3-6,12-13,15,17H,2,7-10H2,1H3/t12-,13+,15?. The predicted molar refractivity (Wildman–Crippen MR) is 70.9 cm³/mol. The SMILES string of the molecule is CCC(c1ccc(F)cc1)N1C[C@H]2CNC[C@H]2C1. The molecule has 0 amide bonds. The second-order valence-electron chi connectivity index (χ2n) is 5.61. The van der Waals surface area contributed by atoms with Crippen molar-refractivity contribution < 1.29 is 4.39 Å². The Balaban J connectivity index is 1.75. The maximum Gasteiger partial charge on any atom is 0.123 e. The number of halogens is 1. The van der Waals surface area contributed by atoms with Crippen LogP contribution in [0.3, 0.4) is 0 Å². The van der Waals surface area contributed by atoms with Crippen molar-refractivity contribution in [2.24, 2.45) is 11.8 Å². The van der Waals surface area contributed by atoms with Crippen LogP contribution in [0.4, 0.5) is 4.39 Å². The Morgan fingerprint density at radius 2 is 1.83 bits per heavy atom. The number of hydrogen-bond donors (Lipinski definition) is 1. The van der Waals surface area contributed by atoms with Crippen LogP contribution in [0.2, 0.25) is 0 Å². The molecule has 2 nitrogen and oxygen atoms in total. The largest absolute Gasteiger partial charge is 0.316 e. The van der Waals surface area contributed by atoms with Gasteiger partial charge in [-0.05, 0) is 49.0 Å². The van der Waals surface area contributed by atoms with Gasteiger partial charge in [0, 0.05) is 19.1 Å². The smallest absolute Gasteiger partial charge is 0.123 e. The number of nitrogens with one attached hydrogen (secondary N) is 1. The molecule has 2 saturated heterocycles. The molecule has 2 aliphatic heterocycles. The fraction of sp³-hybridized carbons (Fsp3) is 0.600. The van der Waals surface area contributed by atoms with E-state index in [4.69, 9.17) is 0 Å². The predicted octanol–water partition coefficient (Wildman–Crippen LogP) is 2.43. The van der Waals surface area contributed by atoms with Crippen molar-refractivity contribution >= 4 is 0 Å². The Morgan fingerprint density at radius 1 is 1.22 bits per heavy atom. The molecular weight excluding hydrogens is 227 g/mol. The summed E-state index contributed by atoms with van der Waals surface area (Å²) in [7, 11) is 0. The quantitative estimate of drug-likeness (QED) is 0.884. The number of nitrogens with zero attached hydrogens (tertiary/aromatic N) is 1. The molecular formula is C15H21FN2. The van der Waals surface area contributed by atoms with E-state index in [1.165, 1.54) is 31.7 Å². The van der Waals surface area contributed by atoms with Crippen LogP contribution in [-0.4, -0.2) is 31.1 Å². The van der Waals surface area contributed by atoms with E-state index in [0.717, 1.165) is 18.3 Å². The lowest BCUT2D eigenvalue weighted by atomic mass is 10.0. The van der Waals surface area contributed by atoms with Gasteiger partial charge in [-0.1, -0.05) is 19.1 Å². The molecule has 2 fully saturated rings. The molecule has 2 heterocycles. The first-order valence-electron chi connectivity index (χ1n) is 6.98. The summed E-state index contributed by atoms with van der Waals surface area (Å²) in [6.07, 6.45) is 1.10. The van der Waals surface area contributed by atoms with Crippen molar-refractivity contribution in [1.82, 2.24) is 10.2 Å². The second kappa shape index (κ2) is 4.98. The average molecular weight is 248 g/mol. The Labute approximate surface area is 108 Å². The first kappa shape index (κ1) is 12.1. The third-order valence-electron chi connectivity index (χ3n) is 4.50. The zero-order chi connectivity index (χ0) is 12.5. The number of hydrogen-bond acceptors (Lipinski definition) is 2. The van der Waals surface area contributed by atoms with Crippen molar-refractivity contribution in [3.63, 3.8) is 0 Å². The molecule has 3 heteroatoms. The number of likely N-dealkylation sites (tertiary alicyclic amines) is 1. The molecule has 3 atom stereocenters. The Hall–Kier alpha value is -0.930. The van der Waals surface area contributed by atoms with Gasteiger partial charge < -0.3 is 5.32 Å². The van der Waals surface area contributed by atoms with E-state index in [1.54, 1.807) is 12.1 Å². The summed E-state index contributed by atoms with van der Waals surface area (Å²) in [6, 6.07) is 7.50. The van der Waals surface area contributed by atoms with Crippen molar-refractivity contribution in [3.8, 4) is 0 Å². The van der Waals surface area contributed by atoms with Crippen LogP contribution in [0.5, 0.6) is 0 Å². The Bertz CT molecular complexity index is 391. The fourth-order valence-corrected chi connectivity index (χ4v) is 3.54. The summed E-state index contributed by atoms with van der Waals surface area (Å²) in [4.78, 5) is 2.59. The normalized spacial score (nSPS) is 29.4. The lowest BCUT2D eigenvalue weighted by Gasteiger charge is -2.28. The van der Waals surface area contributed by atoms with Gasteiger partial charge in [0.15, 0.2) is 0 Å². The number of fused-ring (bicyclic) bond motifs is 1. The minimum absolute atomic E-state index is 0.143. The summed E-state index contributed by atoms with van der Waals surface area (Å²) in [6.45, 7) is 6.93. The molecule has 1 N–H and O–H groups in total. The van der Waals surface area contributed by atoms with Crippen LogP contribution in [0.25, 0.3) is 0 Å². The van der Waals surface area contributed by atoms with E-state index < -0.39 is 0 Å². The van der Waals surface area contributed by atoms with Gasteiger partial charge in [0.25, 0.3) is 0 Å². The van der Waals surface area contributed by atoms with E-state index >= 15 is 0 Å². The third-order valence-corrected chi connectivity index (χ3v) is 4.50. The minimum atomic E-state index is -0.143. The van der Waals surface area contributed by atoms with E-state index in [-0.39, 0.29) is 5.82 Å². The van der Waals surface area contributed by atoms with Gasteiger partial charge in [0.1, 0.15) is 5.82 Å². The molecule has 0 saturated carbocycles. The summed E-state index contributed by atoms with van der Waals surface area (Å²) >= 11 is 0. The van der Waals surface area contributed by atoms with Crippen LogP contribution in [0.1, 0.15) is 24.9 Å². The minimum Gasteiger partial charge on any atom is -0.316 e. The molecule has 0 aromatic heterocycles. The summed E-state index contributed by atoms with van der Waals surface area (Å²) in [5, 5.41) is 3.47. The first-order chi connectivity index (χ1) is 8.78. The highest BCUT2D eigenvalue weighted by molar-refractivity contribution is 5.20. The van der Waals surface area contributed by atoms with Gasteiger partial charge in [-0.15, -0.1) is 0 Å². The van der Waals surface area contributed by atoms with E-state index in [9.17, 15) is 4.39 Å². The highest BCUT2D eigenvalue weighted by Crippen LogP contribution is 2.34. The Morgan fingerprint density at radius 3 is 2.39 bits per heavy atom. The van der Waals surface area contributed by atoms with Gasteiger partial charge >= 0.3 is 0 Å².